The van der Waals surface area contributed by atoms with E-state index in [0.29, 0.717) is 22.9 Å². The van der Waals surface area contributed by atoms with Gasteiger partial charge in [0.15, 0.2) is 5.75 Å². The quantitative estimate of drug-likeness (QED) is 0.569. The highest BCUT2D eigenvalue weighted by atomic mass is 32.2. The summed E-state index contributed by atoms with van der Waals surface area (Å²) in [5, 5.41) is 0. The first kappa shape index (κ1) is 21.7. The Morgan fingerprint density at radius 1 is 0.969 bits per heavy atom. The number of rotatable bonds is 6. The zero-order chi connectivity index (χ0) is 22.7. The van der Waals surface area contributed by atoms with Crippen LogP contribution in [0.5, 0.6) is 17.2 Å². The molecule has 0 bridgehead atoms. The SMILES string of the molecule is CCN(CC)C1=Nc2ccccc2Oc2ccc(NS(=O)(=O)c3ccc(OC)cc3)cc21. The van der Waals surface area contributed by atoms with E-state index in [1.165, 1.54) is 19.2 Å². The van der Waals surface area contributed by atoms with Gasteiger partial charge in [0, 0.05) is 18.8 Å². The first-order valence-electron chi connectivity index (χ1n) is 10.4. The average Bonchev–Trinajstić information content (AvgIpc) is 2.96. The van der Waals surface area contributed by atoms with Gasteiger partial charge in [-0.1, -0.05) is 12.1 Å². The fourth-order valence-electron chi connectivity index (χ4n) is 3.52. The highest BCUT2D eigenvalue weighted by Gasteiger charge is 2.23. The van der Waals surface area contributed by atoms with E-state index in [-0.39, 0.29) is 4.90 Å². The maximum absolute atomic E-state index is 12.9. The summed E-state index contributed by atoms with van der Waals surface area (Å²) in [6.45, 7) is 5.61. The Balaban J connectivity index is 1.74. The first-order chi connectivity index (χ1) is 15.4. The Bertz CT molecular complexity index is 1250. The third-order valence-electron chi connectivity index (χ3n) is 5.22. The summed E-state index contributed by atoms with van der Waals surface area (Å²) in [4.78, 5) is 7.13. The first-order valence-corrected chi connectivity index (χ1v) is 11.8. The molecule has 0 fully saturated rings. The van der Waals surface area contributed by atoms with Crippen LogP contribution in [0.4, 0.5) is 11.4 Å². The molecule has 0 saturated heterocycles. The van der Waals surface area contributed by atoms with Crippen molar-refractivity contribution in [3.8, 4) is 17.2 Å². The lowest BCUT2D eigenvalue weighted by molar-refractivity contribution is 0.414. The standard InChI is InChI=1S/C24H25N3O4S/c1-4-27(5-2)24-20-16-17(26-32(28,29)19-13-11-18(30-3)12-14-19)10-15-22(20)31-23-9-7-6-8-21(23)25-24/h6-16,26H,4-5H2,1-3H3. The van der Waals surface area contributed by atoms with Gasteiger partial charge in [-0.15, -0.1) is 0 Å². The van der Waals surface area contributed by atoms with E-state index >= 15 is 0 Å². The Labute approximate surface area is 188 Å². The number of hydrogen-bond donors (Lipinski definition) is 1. The molecule has 0 radical (unpaired) electrons. The van der Waals surface area contributed by atoms with Gasteiger partial charge in [-0.3, -0.25) is 4.72 Å². The predicted octanol–water partition coefficient (Wildman–Crippen LogP) is 5.02. The molecule has 4 rings (SSSR count). The van der Waals surface area contributed by atoms with Crippen LogP contribution in [-0.2, 0) is 10.0 Å². The van der Waals surface area contributed by atoms with Crippen LogP contribution in [0.3, 0.4) is 0 Å². The van der Waals surface area contributed by atoms with Gasteiger partial charge in [-0.2, -0.15) is 0 Å². The second-order valence-corrected chi connectivity index (χ2v) is 8.85. The van der Waals surface area contributed by atoms with Crippen molar-refractivity contribution in [2.45, 2.75) is 18.7 Å². The highest BCUT2D eigenvalue weighted by molar-refractivity contribution is 7.92. The summed E-state index contributed by atoms with van der Waals surface area (Å²) in [5.41, 5.74) is 1.87. The number of hydrogen-bond acceptors (Lipinski definition) is 6. The number of ether oxygens (including phenoxy) is 2. The van der Waals surface area contributed by atoms with Crippen LogP contribution in [0.15, 0.2) is 76.6 Å². The fraction of sp³-hybridized carbons (Fsp3) is 0.208. The molecule has 1 aliphatic heterocycles. The van der Waals surface area contributed by atoms with E-state index in [9.17, 15) is 8.42 Å². The van der Waals surface area contributed by atoms with Crippen LogP contribution in [-0.4, -0.2) is 39.4 Å². The van der Waals surface area contributed by atoms with Crippen LogP contribution in [0, 0.1) is 0 Å². The molecule has 1 heterocycles. The molecule has 0 aliphatic carbocycles. The summed E-state index contributed by atoms with van der Waals surface area (Å²) in [7, 11) is -2.24. The average molecular weight is 452 g/mol. The van der Waals surface area contributed by atoms with Gasteiger partial charge in [0.2, 0.25) is 0 Å². The molecule has 1 N–H and O–H groups in total. The summed E-state index contributed by atoms with van der Waals surface area (Å²) >= 11 is 0. The number of methoxy groups -OCH3 is 1. The molecular weight excluding hydrogens is 426 g/mol. The number of nitrogens with one attached hydrogen (secondary N) is 1. The highest BCUT2D eigenvalue weighted by Crippen LogP contribution is 2.39. The molecule has 0 atom stereocenters. The van der Waals surface area contributed by atoms with Gasteiger partial charge in [0.1, 0.15) is 23.0 Å². The molecule has 8 heteroatoms. The number of aliphatic imine (C=N–C) groups is 1. The maximum Gasteiger partial charge on any atom is 0.261 e. The minimum absolute atomic E-state index is 0.148. The van der Waals surface area contributed by atoms with E-state index in [1.807, 2.05) is 24.3 Å². The summed E-state index contributed by atoms with van der Waals surface area (Å²) < 4.78 is 39.7. The second-order valence-electron chi connectivity index (χ2n) is 7.17. The summed E-state index contributed by atoms with van der Waals surface area (Å²) in [6, 6.07) is 19.0. The van der Waals surface area contributed by atoms with E-state index in [2.05, 4.69) is 23.5 Å². The van der Waals surface area contributed by atoms with Gasteiger partial charge in [0.25, 0.3) is 10.0 Å². The molecule has 32 heavy (non-hydrogen) atoms. The monoisotopic (exact) mass is 451 g/mol. The number of fused-ring (bicyclic) bond motifs is 2. The Hall–Kier alpha value is -3.52. The molecule has 0 aromatic heterocycles. The predicted molar refractivity (Wildman–Crippen MR) is 126 cm³/mol. The van der Waals surface area contributed by atoms with Crippen LogP contribution in [0.25, 0.3) is 0 Å². The Kier molecular flexibility index (Phi) is 6.05. The Morgan fingerprint density at radius 3 is 2.38 bits per heavy atom. The second kappa shape index (κ2) is 8.92. The van der Waals surface area contributed by atoms with E-state index < -0.39 is 10.0 Å². The van der Waals surface area contributed by atoms with Crippen molar-refractivity contribution < 1.29 is 17.9 Å². The van der Waals surface area contributed by atoms with Crippen molar-refractivity contribution in [1.82, 2.24) is 4.90 Å². The topological polar surface area (TPSA) is 80.2 Å². The minimum Gasteiger partial charge on any atom is -0.497 e. The van der Waals surface area contributed by atoms with Gasteiger partial charge in [-0.25, -0.2) is 13.4 Å². The number of benzene rings is 3. The van der Waals surface area contributed by atoms with Crippen molar-refractivity contribution in [3.63, 3.8) is 0 Å². The van der Waals surface area contributed by atoms with Crippen LogP contribution in [0.2, 0.25) is 0 Å². The number of nitrogens with zero attached hydrogens (tertiary/aromatic N) is 2. The summed E-state index contributed by atoms with van der Waals surface area (Å²) in [6.07, 6.45) is 0. The van der Waals surface area contributed by atoms with Crippen LogP contribution >= 0.6 is 0 Å². The molecular formula is C24H25N3O4S. The van der Waals surface area contributed by atoms with E-state index in [1.54, 1.807) is 30.3 Å². The van der Waals surface area contributed by atoms with Crippen molar-refractivity contribution >= 4 is 27.2 Å². The molecule has 1 aliphatic rings. The zero-order valence-electron chi connectivity index (χ0n) is 18.2. The zero-order valence-corrected chi connectivity index (χ0v) is 19.0. The lowest BCUT2D eigenvalue weighted by atomic mass is 10.1. The van der Waals surface area contributed by atoms with Gasteiger partial charge in [-0.05, 0) is 68.4 Å². The lowest BCUT2D eigenvalue weighted by Crippen LogP contribution is -2.31. The molecule has 0 amide bonds. The number of sulfonamides is 1. The van der Waals surface area contributed by atoms with Gasteiger partial charge < -0.3 is 14.4 Å². The number of amidine groups is 1. The van der Waals surface area contributed by atoms with Crippen molar-refractivity contribution in [1.29, 1.82) is 0 Å². The molecule has 7 nitrogen and oxygen atoms in total. The molecule has 0 unspecified atom stereocenters. The van der Waals surface area contributed by atoms with Crippen molar-refractivity contribution in [2.24, 2.45) is 4.99 Å². The van der Waals surface area contributed by atoms with E-state index in [0.717, 1.165) is 30.2 Å². The third-order valence-corrected chi connectivity index (χ3v) is 6.61. The largest absolute Gasteiger partial charge is 0.497 e. The lowest BCUT2D eigenvalue weighted by Gasteiger charge is -2.23. The van der Waals surface area contributed by atoms with Crippen molar-refractivity contribution in [3.05, 3.63) is 72.3 Å². The third kappa shape index (κ3) is 4.27. The fourth-order valence-corrected chi connectivity index (χ4v) is 4.57. The maximum atomic E-state index is 12.9. The van der Waals surface area contributed by atoms with Gasteiger partial charge in [0.05, 0.1) is 17.6 Å². The molecule has 3 aromatic rings. The van der Waals surface area contributed by atoms with Crippen molar-refractivity contribution in [2.75, 3.05) is 24.9 Å². The van der Waals surface area contributed by atoms with Crippen LogP contribution < -0.4 is 14.2 Å². The molecule has 166 valence electrons. The minimum atomic E-state index is -3.78. The molecule has 3 aromatic carbocycles. The van der Waals surface area contributed by atoms with E-state index in [4.69, 9.17) is 14.5 Å². The Morgan fingerprint density at radius 2 is 1.69 bits per heavy atom. The number of para-hydroxylation sites is 2. The summed E-state index contributed by atoms with van der Waals surface area (Å²) in [5.74, 6) is 2.60. The normalized spacial score (nSPS) is 12.5. The van der Waals surface area contributed by atoms with Crippen LogP contribution in [0.1, 0.15) is 19.4 Å². The smallest absolute Gasteiger partial charge is 0.261 e. The number of anilines is 1. The molecule has 0 saturated carbocycles. The molecule has 0 spiro atoms. The van der Waals surface area contributed by atoms with Gasteiger partial charge >= 0.3 is 0 Å².